The van der Waals surface area contributed by atoms with Crippen LogP contribution in [0, 0.1) is 5.92 Å². The van der Waals surface area contributed by atoms with Gasteiger partial charge >= 0.3 is 0 Å². The summed E-state index contributed by atoms with van der Waals surface area (Å²) in [5.74, 6) is 0.408. The summed E-state index contributed by atoms with van der Waals surface area (Å²) < 4.78 is 0. The number of benzene rings is 1. The van der Waals surface area contributed by atoms with Crippen molar-refractivity contribution < 1.29 is 4.79 Å². The van der Waals surface area contributed by atoms with Gasteiger partial charge in [0.1, 0.15) is 0 Å². The highest BCUT2D eigenvalue weighted by Gasteiger charge is 2.24. The lowest BCUT2D eigenvalue weighted by Gasteiger charge is -2.26. The van der Waals surface area contributed by atoms with Crippen LogP contribution in [0.15, 0.2) is 24.3 Å². The summed E-state index contributed by atoms with van der Waals surface area (Å²) in [7, 11) is 4.02. The molecule has 0 aliphatic heterocycles. The van der Waals surface area contributed by atoms with Crippen LogP contribution in [-0.2, 0) is 4.79 Å². The Kier molecular flexibility index (Phi) is 5.44. The Hall–Kier alpha value is -1.06. The van der Waals surface area contributed by atoms with Crippen LogP contribution in [0.3, 0.4) is 0 Å². The average molecular weight is 295 g/mol. The van der Waals surface area contributed by atoms with Gasteiger partial charge in [-0.15, -0.1) is 0 Å². The number of carbonyl (C=O) groups is 1. The monoisotopic (exact) mass is 294 g/mol. The molecule has 0 radical (unpaired) electrons. The molecule has 1 aliphatic rings. The fourth-order valence-corrected chi connectivity index (χ4v) is 3.11. The van der Waals surface area contributed by atoms with E-state index in [4.69, 9.17) is 11.6 Å². The van der Waals surface area contributed by atoms with Crippen molar-refractivity contribution in [1.29, 1.82) is 0 Å². The number of amides is 1. The molecule has 3 nitrogen and oxygen atoms in total. The van der Waals surface area contributed by atoms with Crippen molar-refractivity contribution in [3.63, 3.8) is 0 Å². The van der Waals surface area contributed by atoms with Gasteiger partial charge in [-0.3, -0.25) is 4.79 Å². The molecule has 0 aromatic heterocycles. The van der Waals surface area contributed by atoms with Crippen LogP contribution in [0.2, 0.25) is 5.02 Å². The molecule has 110 valence electrons. The van der Waals surface area contributed by atoms with Gasteiger partial charge < -0.3 is 10.2 Å². The fraction of sp³-hybridized carbons (Fsp3) is 0.562. The van der Waals surface area contributed by atoms with Crippen molar-refractivity contribution >= 4 is 17.5 Å². The van der Waals surface area contributed by atoms with Crippen molar-refractivity contribution in [1.82, 2.24) is 10.2 Å². The Morgan fingerprint density at radius 3 is 2.60 bits per heavy atom. The Labute approximate surface area is 126 Å². The lowest BCUT2D eigenvalue weighted by molar-refractivity contribution is -0.125. The van der Waals surface area contributed by atoms with E-state index in [-0.39, 0.29) is 17.9 Å². The molecule has 1 fully saturated rings. The Morgan fingerprint density at radius 2 is 2.00 bits per heavy atom. The fourth-order valence-electron chi connectivity index (χ4n) is 2.85. The van der Waals surface area contributed by atoms with Crippen LogP contribution in [0.5, 0.6) is 0 Å². The number of nitrogens with one attached hydrogen (secondary N) is 1. The number of hydrogen-bond acceptors (Lipinski definition) is 2. The number of nitrogens with zero attached hydrogens (tertiary/aromatic N) is 1. The van der Waals surface area contributed by atoms with E-state index in [1.807, 2.05) is 38.4 Å². The predicted molar refractivity (Wildman–Crippen MR) is 82.8 cm³/mol. The second-order valence-electron chi connectivity index (χ2n) is 5.73. The van der Waals surface area contributed by atoms with Crippen molar-refractivity contribution in [2.45, 2.75) is 31.7 Å². The third-order valence-electron chi connectivity index (χ3n) is 4.08. The molecule has 1 atom stereocenters. The molecule has 1 saturated carbocycles. The number of rotatable bonds is 5. The van der Waals surface area contributed by atoms with E-state index in [1.54, 1.807) is 0 Å². The molecule has 2 rings (SSSR count). The first-order chi connectivity index (χ1) is 9.59. The van der Waals surface area contributed by atoms with E-state index in [9.17, 15) is 4.79 Å². The molecule has 1 aliphatic carbocycles. The zero-order valence-electron chi connectivity index (χ0n) is 12.2. The molecule has 1 amide bonds. The molecular weight excluding hydrogens is 272 g/mol. The normalized spacial score (nSPS) is 17.4. The maximum Gasteiger partial charge on any atom is 0.223 e. The minimum Gasteiger partial charge on any atom is -0.354 e. The van der Waals surface area contributed by atoms with Gasteiger partial charge in [0, 0.05) is 17.5 Å². The number of carbonyl (C=O) groups excluding carboxylic acids is 1. The van der Waals surface area contributed by atoms with Gasteiger partial charge in [-0.2, -0.15) is 0 Å². The van der Waals surface area contributed by atoms with Crippen molar-refractivity contribution in [2.75, 3.05) is 20.6 Å². The van der Waals surface area contributed by atoms with Gasteiger partial charge in [-0.05, 0) is 38.6 Å². The molecule has 1 aromatic rings. The highest BCUT2D eigenvalue weighted by molar-refractivity contribution is 6.31. The summed E-state index contributed by atoms with van der Waals surface area (Å²) in [6.07, 6.45) is 4.43. The molecule has 0 saturated heterocycles. The molecule has 1 unspecified atom stereocenters. The second-order valence-corrected chi connectivity index (χ2v) is 6.13. The molecule has 1 N–H and O–H groups in total. The van der Waals surface area contributed by atoms with Crippen LogP contribution in [0.4, 0.5) is 0 Å². The van der Waals surface area contributed by atoms with Gasteiger partial charge in [0.25, 0.3) is 0 Å². The molecule has 4 heteroatoms. The summed E-state index contributed by atoms with van der Waals surface area (Å²) in [6, 6.07) is 7.93. The van der Waals surface area contributed by atoms with Crippen molar-refractivity contribution in [3.05, 3.63) is 34.9 Å². The minimum absolute atomic E-state index is 0.106. The average Bonchev–Trinajstić information content (AvgIpc) is 2.94. The third kappa shape index (κ3) is 3.74. The quantitative estimate of drug-likeness (QED) is 0.904. The van der Waals surface area contributed by atoms with Gasteiger partial charge in [-0.1, -0.05) is 42.6 Å². The Morgan fingerprint density at radius 1 is 1.35 bits per heavy atom. The molecule has 1 aromatic carbocycles. The van der Waals surface area contributed by atoms with Gasteiger partial charge in [0.05, 0.1) is 6.04 Å². The second kappa shape index (κ2) is 7.09. The van der Waals surface area contributed by atoms with Crippen molar-refractivity contribution in [3.8, 4) is 0 Å². The highest BCUT2D eigenvalue weighted by Crippen LogP contribution is 2.27. The largest absolute Gasteiger partial charge is 0.354 e. The molecule has 0 bridgehead atoms. The van der Waals surface area contributed by atoms with Crippen LogP contribution < -0.4 is 5.32 Å². The zero-order chi connectivity index (χ0) is 14.5. The summed E-state index contributed by atoms with van der Waals surface area (Å²) in [4.78, 5) is 14.2. The lowest BCUT2D eigenvalue weighted by atomic mass is 10.0. The molecule has 0 heterocycles. The minimum atomic E-state index is 0.106. The predicted octanol–water partition coefficient (Wildman–Crippen LogP) is 3.25. The number of hydrogen-bond donors (Lipinski definition) is 1. The van der Waals surface area contributed by atoms with Crippen LogP contribution in [0.25, 0.3) is 0 Å². The maximum atomic E-state index is 12.1. The molecule has 20 heavy (non-hydrogen) atoms. The summed E-state index contributed by atoms with van der Waals surface area (Å²) >= 11 is 6.27. The first-order valence-corrected chi connectivity index (χ1v) is 7.66. The van der Waals surface area contributed by atoms with Crippen LogP contribution in [-0.4, -0.2) is 31.4 Å². The van der Waals surface area contributed by atoms with E-state index in [1.165, 1.54) is 12.8 Å². The van der Waals surface area contributed by atoms with E-state index in [0.717, 1.165) is 23.4 Å². The smallest absolute Gasteiger partial charge is 0.223 e. The van der Waals surface area contributed by atoms with Gasteiger partial charge in [0.2, 0.25) is 5.91 Å². The number of likely N-dealkylation sites (N-methyl/N-ethyl adjacent to an activating group) is 1. The van der Waals surface area contributed by atoms with E-state index in [2.05, 4.69) is 10.2 Å². The van der Waals surface area contributed by atoms with Crippen LogP contribution >= 0.6 is 11.6 Å². The molecular formula is C16H23ClN2O. The lowest BCUT2D eigenvalue weighted by Crippen LogP contribution is -2.37. The standard InChI is InChI=1S/C16H23ClN2O/c1-19(2)15(13-9-5-6-10-14(13)17)11-18-16(20)12-7-3-4-8-12/h5-6,9-10,12,15H,3-4,7-8,11H2,1-2H3,(H,18,20). The Balaban J connectivity index is 1.99. The topological polar surface area (TPSA) is 32.3 Å². The summed E-state index contributed by atoms with van der Waals surface area (Å²) in [5.41, 5.74) is 1.06. The zero-order valence-corrected chi connectivity index (χ0v) is 13.0. The van der Waals surface area contributed by atoms with Crippen LogP contribution in [0.1, 0.15) is 37.3 Å². The van der Waals surface area contributed by atoms with Gasteiger partial charge in [0.15, 0.2) is 0 Å². The van der Waals surface area contributed by atoms with E-state index < -0.39 is 0 Å². The molecule has 0 spiro atoms. The van der Waals surface area contributed by atoms with E-state index in [0.29, 0.717) is 6.54 Å². The highest BCUT2D eigenvalue weighted by atomic mass is 35.5. The maximum absolute atomic E-state index is 12.1. The summed E-state index contributed by atoms with van der Waals surface area (Å²) in [5, 5.41) is 3.84. The van der Waals surface area contributed by atoms with Crippen molar-refractivity contribution in [2.24, 2.45) is 5.92 Å². The summed E-state index contributed by atoms with van der Waals surface area (Å²) in [6.45, 7) is 0.603. The third-order valence-corrected chi connectivity index (χ3v) is 4.43. The Bertz CT molecular complexity index is 456. The SMILES string of the molecule is CN(C)C(CNC(=O)C1CCCC1)c1ccccc1Cl. The number of halogens is 1. The van der Waals surface area contributed by atoms with E-state index >= 15 is 0 Å². The van der Waals surface area contributed by atoms with Gasteiger partial charge in [-0.25, -0.2) is 0 Å². The first kappa shape index (κ1) is 15.3. The first-order valence-electron chi connectivity index (χ1n) is 7.28.